The lowest BCUT2D eigenvalue weighted by atomic mass is 10.1. The van der Waals surface area contributed by atoms with Gasteiger partial charge in [-0.15, -0.1) is 0 Å². The fourth-order valence-corrected chi connectivity index (χ4v) is 4.11. The fraction of sp³-hybridized carbons (Fsp3) is 0.615. The normalized spacial score (nSPS) is 17.2. The van der Waals surface area contributed by atoms with Gasteiger partial charge in [0.2, 0.25) is 23.6 Å². The molecule has 0 aromatic carbocycles. The van der Waals surface area contributed by atoms with Crippen LogP contribution in [0.4, 0.5) is 0 Å². The van der Waals surface area contributed by atoms with Gasteiger partial charge in [0.15, 0.2) is 0 Å². The van der Waals surface area contributed by atoms with E-state index in [0.29, 0.717) is 38.9 Å². The fourth-order valence-electron chi connectivity index (χ4n) is 4.11. The molecule has 0 saturated heterocycles. The summed E-state index contributed by atoms with van der Waals surface area (Å²) >= 11 is 0. The van der Waals surface area contributed by atoms with Crippen LogP contribution >= 0.6 is 0 Å². The molecular weight excluding hydrogens is 508 g/mol. The van der Waals surface area contributed by atoms with Crippen molar-refractivity contribution in [2.75, 3.05) is 32.7 Å². The van der Waals surface area contributed by atoms with Crippen LogP contribution in [-0.4, -0.2) is 95.3 Å². The Morgan fingerprint density at radius 3 is 2.13 bits per heavy atom. The average molecular weight is 549 g/mol. The van der Waals surface area contributed by atoms with E-state index in [-0.39, 0.29) is 43.7 Å². The maximum absolute atomic E-state index is 12.8. The van der Waals surface area contributed by atoms with Gasteiger partial charge in [-0.05, 0) is 44.7 Å². The Bertz CT molecular complexity index is 933. The smallest absolute Gasteiger partial charge is 0.253 e. The van der Waals surface area contributed by atoms with Gasteiger partial charge in [0, 0.05) is 57.2 Å². The Labute approximate surface area is 228 Å². The van der Waals surface area contributed by atoms with E-state index in [1.165, 1.54) is 17.1 Å². The molecule has 0 saturated carbocycles. The minimum absolute atomic E-state index is 0.0500. The van der Waals surface area contributed by atoms with Crippen molar-refractivity contribution in [1.29, 1.82) is 0 Å². The van der Waals surface area contributed by atoms with Crippen molar-refractivity contribution in [3.05, 3.63) is 24.3 Å². The maximum atomic E-state index is 12.8. The molecular formula is C26H40N6O7. The third kappa shape index (κ3) is 11.4. The van der Waals surface area contributed by atoms with Crippen molar-refractivity contribution in [3.8, 4) is 0 Å². The van der Waals surface area contributed by atoms with Crippen molar-refractivity contribution >= 4 is 35.4 Å². The number of imide groups is 1. The molecule has 6 amide bonds. The van der Waals surface area contributed by atoms with Crippen molar-refractivity contribution in [2.24, 2.45) is 5.73 Å². The number of hydrogen-bond donors (Lipinski definition) is 5. The van der Waals surface area contributed by atoms with E-state index in [9.17, 15) is 33.9 Å². The summed E-state index contributed by atoms with van der Waals surface area (Å²) in [7, 11) is 0. The average Bonchev–Trinajstić information content (AvgIpc) is 3.41. The molecule has 6 N–H and O–H groups in total. The van der Waals surface area contributed by atoms with Crippen LogP contribution in [0.25, 0.3) is 0 Å². The minimum atomic E-state index is -1.01. The second kappa shape index (κ2) is 17.1. The van der Waals surface area contributed by atoms with Gasteiger partial charge in [0.1, 0.15) is 12.3 Å². The number of aliphatic hydroxyl groups excluding tert-OH is 1. The van der Waals surface area contributed by atoms with Crippen LogP contribution in [0, 0.1) is 0 Å². The summed E-state index contributed by atoms with van der Waals surface area (Å²) in [5.74, 6) is -2.32. The molecule has 13 nitrogen and oxygen atoms in total. The van der Waals surface area contributed by atoms with Crippen molar-refractivity contribution in [1.82, 2.24) is 25.8 Å². The van der Waals surface area contributed by atoms with E-state index >= 15 is 0 Å². The monoisotopic (exact) mass is 548 g/mol. The molecule has 0 fully saturated rings. The molecule has 0 spiro atoms. The summed E-state index contributed by atoms with van der Waals surface area (Å²) in [5.41, 5.74) is 5.49. The topological polar surface area (TPSA) is 191 Å². The molecule has 2 aliphatic rings. The zero-order valence-corrected chi connectivity index (χ0v) is 22.2. The number of unbranched alkanes of at least 4 members (excludes halogenated alkanes) is 4. The molecule has 2 aliphatic heterocycles. The molecule has 0 aromatic rings. The lowest BCUT2D eigenvalue weighted by Gasteiger charge is -2.20. The van der Waals surface area contributed by atoms with Crippen molar-refractivity contribution in [3.63, 3.8) is 0 Å². The molecule has 2 atom stereocenters. The van der Waals surface area contributed by atoms with Gasteiger partial charge in [-0.2, -0.15) is 0 Å². The number of nitrogens with zero attached hydrogens (tertiary/aromatic N) is 2. The highest BCUT2D eigenvalue weighted by Crippen LogP contribution is 2.09. The SMILES string of the molecule is NCCCCCCNC(=O)[C@H](CCCCNC(=O)CCN1C(=O)C=CC1O)NC(=O)CCN1C(=O)C=CC1=O. The lowest BCUT2D eigenvalue weighted by molar-refractivity contribution is -0.138. The number of amides is 6. The summed E-state index contributed by atoms with van der Waals surface area (Å²) < 4.78 is 0. The quantitative estimate of drug-likeness (QED) is 0.0983. The highest BCUT2D eigenvalue weighted by molar-refractivity contribution is 6.13. The van der Waals surface area contributed by atoms with Crippen LogP contribution in [-0.2, 0) is 28.8 Å². The third-order valence-corrected chi connectivity index (χ3v) is 6.38. The Balaban J connectivity index is 1.73. The Kier molecular flexibility index (Phi) is 13.9. The molecule has 2 heterocycles. The second-order valence-electron chi connectivity index (χ2n) is 9.43. The van der Waals surface area contributed by atoms with Gasteiger partial charge in [0.25, 0.3) is 11.8 Å². The number of rotatable bonds is 19. The number of nitrogens with one attached hydrogen (secondary N) is 3. The first kappa shape index (κ1) is 31.6. The first-order chi connectivity index (χ1) is 18.7. The standard InChI is InChI=1S/C26H40N6O7/c27-14-4-1-2-5-16-29-26(39)19(30-21(34)13-18-32-24(37)10-11-25(32)38)7-3-6-15-28-20(33)12-17-31-22(35)8-9-23(31)36/h8-11,19,22,35H,1-7,12-18,27H2,(H,28,33)(H,29,39)(H,30,34)/t19-,22?/m0/s1. The predicted octanol–water partition coefficient (Wildman–Crippen LogP) is -1.18. The molecule has 13 heteroatoms. The van der Waals surface area contributed by atoms with Crippen LogP contribution in [0.15, 0.2) is 24.3 Å². The highest BCUT2D eigenvalue weighted by Gasteiger charge is 2.26. The van der Waals surface area contributed by atoms with E-state index in [4.69, 9.17) is 5.73 Å². The second-order valence-corrected chi connectivity index (χ2v) is 9.43. The van der Waals surface area contributed by atoms with Crippen LogP contribution in [0.2, 0.25) is 0 Å². The van der Waals surface area contributed by atoms with Crippen LogP contribution in [0.1, 0.15) is 57.8 Å². The van der Waals surface area contributed by atoms with E-state index in [0.717, 1.165) is 42.7 Å². The minimum Gasteiger partial charge on any atom is -0.370 e. The van der Waals surface area contributed by atoms with Gasteiger partial charge in [-0.25, -0.2) is 0 Å². The third-order valence-electron chi connectivity index (χ3n) is 6.38. The maximum Gasteiger partial charge on any atom is 0.253 e. The predicted molar refractivity (Wildman–Crippen MR) is 141 cm³/mol. The Hall–Kier alpha value is -3.58. The summed E-state index contributed by atoms with van der Waals surface area (Å²) in [5, 5.41) is 18.0. The molecule has 2 rings (SSSR count). The van der Waals surface area contributed by atoms with Gasteiger partial charge >= 0.3 is 0 Å². The van der Waals surface area contributed by atoms with E-state index < -0.39 is 30.0 Å². The summed E-state index contributed by atoms with van der Waals surface area (Å²) in [6.45, 7) is 1.48. The molecule has 1 unspecified atom stereocenters. The molecule has 39 heavy (non-hydrogen) atoms. The zero-order valence-electron chi connectivity index (χ0n) is 22.2. The van der Waals surface area contributed by atoms with Crippen LogP contribution in [0.3, 0.4) is 0 Å². The van der Waals surface area contributed by atoms with Gasteiger partial charge in [-0.1, -0.05) is 12.8 Å². The lowest BCUT2D eigenvalue weighted by Crippen LogP contribution is -2.47. The summed E-state index contributed by atoms with van der Waals surface area (Å²) in [6, 6.07) is -0.796. The first-order valence-corrected chi connectivity index (χ1v) is 13.5. The summed E-state index contributed by atoms with van der Waals surface area (Å²) in [4.78, 5) is 74.5. The molecule has 0 radical (unpaired) electrons. The number of carbonyl (C=O) groups excluding carboxylic acids is 6. The number of hydrogen-bond acceptors (Lipinski definition) is 8. The van der Waals surface area contributed by atoms with Gasteiger partial charge < -0.3 is 31.7 Å². The van der Waals surface area contributed by atoms with E-state index in [2.05, 4.69) is 16.0 Å². The molecule has 216 valence electrons. The van der Waals surface area contributed by atoms with E-state index in [1.807, 2.05) is 0 Å². The number of aliphatic hydroxyl groups is 1. The van der Waals surface area contributed by atoms with E-state index in [1.54, 1.807) is 0 Å². The highest BCUT2D eigenvalue weighted by atomic mass is 16.3. The Morgan fingerprint density at radius 2 is 1.46 bits per heavy atom. The van der Waals surface area contributed by atoms with Crippen molar-refractivity contribution in [2.45, 2.75) is 70.1 Å². The summed E-state index contributed by atoms with van der Waals surface area (Å²) in [6.07, 6.45) is 8.89. The van der Waals surface area contributed by atoms with Crippen LogP contribution in [0.5, 0.6) is 0 Å². The van der Waals surface area contributed by atoms with Crippen LogP contribution < -0.4 is 21.7 Å². The zero-order chi connectivity index (χ0) is 28.6. The molecule has 0 bridgehead atoms. The molecule has 0 aromatic heterocycles. The molecule has 0 aliphatic carbocycles. The first-order valence-electron chi connectivity index (χ1n) is 13.5. The Morgan fingerprint density at radius 1 is 0.821 bits per heavy atom. The van der Waals surface area contributed by atoms with Gasteiger partial charge in [0.05, 0.1) is 0 Å². The number of nitrogens with two attached hydrogens (primary N) is 1. The number of carbonyl (C=O) groups is 6. The largest absolute Gasteiger partial charge is 0.370 e. The van der Waals surface area contributed by atoms with Gasteiger partial charge in [-0.3, -0.25) is 33.7 Å². The van der Waals surface area contributed by atoms with Crippen molar-refractivity contribution < 1.29 is 33.9 Å².